The Morgan fingerprint density at radius 1 is 0.929 bits per heavy atom. The minimum atomic E-state index is -4.73. The van der Waals surface area contributed by atoms with Gasteiger partial charge in [-0.25, -0.2) is 0 Å². The Balaban J connectivity index is 1.76. The number of alkyl halides is 3. The molecule has 0 fully saturated rings. The Labute approximate surface area is 160 Å². The number of hydrogen-bond donors (Lipinski definition) is 0. The third-order valence-corrected chi connectivity index (χ3v) is 4.03. The minimum Gasteiger partial charge on any atom is -0.488 e. The largest absolute Gasteiger partial charge is 0.573 e. The molecule has 0 unspecified atom stereocenters. The van der Waals surface area contributed by atoms with Crippen molar-refractivity contribution in [3.8, 4) is 22.6 Å². The smallest absolute Gasteiger partial charge is 0.488 e. The van der Waals surface area contributed by atoms with Crippen molar-refractivity contribution in [3.63, 3.8) is 0 Å². The van der Waals surface area contributed by atoms with E-state index in [1.54, 1.807) is 18.2 Å². The van der Waals surface area contributed by atoms with Gasteiger partial charge in [0.15, 0.2) is 6.29 Å². The van der Waals surface area contributed by atoms with Gasteiger partial charge in [-0.05, 0) is 47.9 Å². The van der Waals surface area contributed by atoms with Gasteiger partial charge in [-0.1, -0.05) is 48.0 Å². The third-order valence-electron chi connectivity index (χ3n) is 4.03. The Bertz CT molecular complexity index is 964. The van der Waals surface area contributed by atoms with Gasteiger partial charge >= 0.3 is 6.36 Å². The molecule has 0 heterocycles. The van der Waals surface area contributed by atoms with E-state index in [0.29, 0.717) is 35.3 Å². The van der Waals surface area contributed by atoms with Gasteiger partial charge in [0.1, 0.15) is 18.1 Å². The van der Waals surface area contributed by atoms with Crippen LogP contribution < -0.4 is 9.47 Å². The van der Waals surface area contributed by atoms with Crippen LogP contribution in [0.1, 0.15) is 21.5 Å². The second-order valence-corrected chi connectivity index (χ2v) is 6.22. The molecule has 144 valence electrons. The summed E-state index contributed by atoms with van der Waals surface area (Å²) in [6.07, 6.45) is -4.04. The quantitative estimate of drug-likeness (QED) is 0.491. The fourth-order valence-electron chi connectivity index (χ4n) is 2.76. The summed E-state index contributed by atoms with van der Waals surface area (Å²) < 4.78 is 46.4. The highest BCUT2D eigenvalue weighted by atomic mass is 19.4. The van der Waals surface area contributed by atoms with Crippen LogP contribution in [0.25, 0.3) is 11.1 Å². The third kappa shape index (κ3) is 5.13. The second kappa shape index (κ2) is 8.17. The molecule has 0 radical (unpaired) electrons. The second-order valence-electron chi connectivity index (χ2n) is 6.22. The molecule has 0 aliphatic heterocycles. The van der Waals surface area contributed by atoms with E-state index in [0.717, 1.165) is 11.1 Å². The number of ether oxygens (including phenoxy) is 2. The molecule has 3 rings (SSSR count). The standard InChI is InChI=1S/C22H17F3O3/c1-15-3-2-4-16(11-15)14-27-21-10-7-18(12-19(21)13-26)17-5-8-20(9-6-17)28-22(23,24)25/h2-13H,14H2,1H3. The Kier molecular flexibility index (Phi) is 5.68. The first kappa shape index (κ1) is 19.5. The van der Waals surface area contributed by atoms with E-state index >= 15 is 0 Å². The van der Waals surface area contributed by atoms with Gasteiger partial charge in [-0.15, -0.1) is 13.2 Å². The highest BCUT2D eigenvalue weighted by Gasteiger charge is 2.30. The molecule has 0 aliphatic rings. The summed E-state index contributed by atoms with van der Waals surface area (Å²) in [6.45, 7) is 2.31. The summed E-state index contributed by atoms with van der Waals surface area (Å²) in [5.41, 5.74) is 3.80. The first-order chi connectivity index (χ1) is 13.3. The first-order valence-electron chi connectivity index (χ1n) is 8.48. The first-order valence-corrected chi connectivity index (χ1v) is 8.48. The van der Waals surface area contributed by atoms with Gasteiger partial charge in [-0.2, -0.15) is 0 Å². The number of aryl methyl sites for hydroxylation is 1. The van der Waals surface area contributed by atoms with Crippen LogP contribution in [0.4, 0.5) is 13.2 Å². The molecule has 0 saturated carbocycles. The topological polar surface area (TPSA) is 35.5 Å². The number of carbonyl (C=O) groups excluding carboxylic acids is 1. The van der Waals surface area contributed by atoms with Gasteiger partial charge in [0.25, 0.3) is 0 Å². The average Bonchev–Trinajstić information content (AvgIpc) is 2.66. The Morgan fingerprint density at radius 3 is 2.29 bits per heavy atom. The molecule has 0 bridgehead atoms. The van der Waals surface area contributed by atoms with Gasteiger partial charge < -0.3 is 9.47 Å². The Hall–Kier alpha value is -3.28. The average molecular weight is 386 g/mol. The lowest BCUT2D eigenvalue weighted by atomic mass is 10.0. The number of hydrogen-bond acceptors (Lipinski definition) is 3. The maximum Gasteiger partial charge on any atom is 0.573 e. The van der Waals surface area contributed by atoms with E-state index in [2.05, 4.69) is 4.74 Å². The number of carbonyl (C=O) groups is 1. The predicted octanol–water partition coefficient (Wildman–Crippen LogP) is 5.95. The van der Waals surface area contributed by atoms with Crippen molar-refractivity contribution in [1.82, 2.24) is 0 Å². The van der Waals surface area contributed by atoms with Crippen molar-refractivity contribution in [3.05, 3.63) is 83.4 Å². The minimum absolute atomic E-state index is 0.301. The summed E-state index contributed by atoms with van der Waals surface area (Å²) in [6, 6.07) is 18.4. The summed E-state index contributed by atoms with van der Waals surface area (Å²) >= 11 is 0. The van der Waals surface area contributed by atoms with E-state index in [4.69, 9.17) is 4.74 Å². The summed E-state index contributed by atoms with van der Waals surface area (Å²) in [7, 11) is 0. The summed E-state index contributed by atoms with van der Waals surface area (Å²) in [5, 5.41) is 0. The maximum absolute atomic E-state index is 12.3. The van der Waals surface area contributed by atoms with E-state index in [9.17, 15) is 18.0 Å². The highest BCUT2D eigenvalue weighted by Crippen LogP contribution is 2.29. The molecule has 3 aromatic rings. The zero-order valence-electron chi connectivity index (χ0n) is 15.0. The van der Waals surface area contributed by atoms with Crippen LogP contribution in [0, 0.1) is 6.92 Å². The molecule has 0 atom stereocenters. The van der Waals surface area contributed by atoms with Crippen LogP contribution in [0.2, 0.25) is 0 Å². The van der Waals surface area contributed by atoms with Crippen molar-refractivity contribution in [2.75, 3.05) is 0 Å². The lowest BCUT2D eigenvalue weighted by Gasteiger charge is -2.12. The van der Waals surface area contributed by atoms with Crippen molar-refractivity contribution in [2.45, 2.75) is 19.9 Å². The fraction of sp³-hybridized carbons (Fsp3) is 0.136. The van der Waals surface area contributed by atoms with Crippen molar-refractivity contribution >= 4 is 6.29 Å². The molecule has 3 aromatic carbocycles. The number of benzene rings is 3. The molecule has 28 heavy (non-hydrogen) atoms. The normalized spacial score (nSPS) is 11.1. The fourth-order valence-corrected chi connectivity index (χ4v) is 2.76. The van der Waals surface area contributed by atoms with E-state index in [1.165, 1.54) is 24.3 Å². The van der Waals surface area contributed by atoms with Crippen LogP contribution in [0.3, 0.4) is 0 Å². The number of aldehydes is 1. The lowest BCUT2D eigenvalue weighted by Crippen LogP contribution is -2.16. The van der Waals surface area contributed by atoms with E-state index in [-0.39, 0.29) is 5.75 Å². The van der Waals surface area contributed by atoms with Gasteiger partial charge in [0, 0.05) is 0 Å². The van der Waals surface area contributed by atoms with Crippen LogP contribution in [-0.4, -0.2) is 12.6 Å². The van der Waals surface area contributed by atoms with Crippen LogP contribution in [0.5, 0.6) is 11.5 Å². The Morgan fingerprint density at radius 2 is 1.64 bits per heavy atom. The molecule has 0 aromatic heterocycles. The molecular formula is C22H17F3O3. The van der Waals surface area contributed by atoms with E-state index in [1.807, 2.05) is 31.2 Å². The molecule has 0 saturated heterocycles. The molecule has 0 amide bonds. The van der Waals surface area contributed by atoms with Crippen molar-refractivity contribution in [1.29, 1.82) is 0 Å². The van der Waals surface area contributed by atoms with Gasteiger partial charge in [-0.3, -0.25) is 4.79 Å². The molecule has 3 nitrogen and oxygen atoms in total. The highest BCUT2D eigenvalue weighted by molar-refractivity contribution is 5.83. The van der Waals surface area contributed by atoms with Crippen molar-refractivity contribution < 1.29 is 27.4 Å². The zero-order chi connectivity index (χ0) is 20.1. The molecular weight excluding hydrogens is 369 g/mol. The summed E-state index contributed by atoms with van der Waals surface area (Å²) in [4.78, 5) is 11.5. The number of halogens is 3. The summed E-state index contributed by atoms with van der Waals surface area (Å²) in [5.74, 6) is 0.141. The zero-order valence-corrected chi connectivity index (χ0v) is 15.0. The molecule has 6 heteroatoms. The SMILES string of the molecule is Cc1cccc(COc2ccc(-c3ccc(OC(F)(F)F)cc3)cc2C=O)c1. The molecule has 0 spiro atoms. The van der Waals surface area contributed by atoms with Crippen LogP contribution in [0.15, 0.2) is 66.7 Å². The van der Waals surface area contributed by atoms with Crippen LogP contribution in [-0.2, 0) is 6.61 Å². The van der Waals surface area contributed by atoms with E-state index < -0.39 is 6.36 Å². The predicted molar refractivity (Wildman–Crippen MR) is 99.5 cm³/mol. The monoisotopic (exact) mass is 386 g/mol. The van der Waals surface area contributed by atoms with Gasteiger partial charge in [0.05, 0.1) is 5.56 Å². The molecule has 0 aliphatic carbocycles. The van der Waals surface area contributed by atoms with Gasteiger partial charge in [0.2, 0.25) is 0 Å². The lowest BCUT2D eigenvalue weighted by molar-refractivity contribution is -0.274. The maximum atomic E-state index is 12.3. The van der Waals surface area contributed by atoms with Crippen LogP contribution >= 0.6 is 0 Å². The molecule has 0 N–H and O–H groups in total. The number of rotatable bonds is 6. The van der Waals surface area contributed by atoms with Crippen molar-refractivity contribution in [2.24, 2.45) is 0 Å².